The molecule has 0 aromatic carbocycles. The van der Waals surface area contributed by atoms with E-state index in [1.807, 2.05) is 29.8 Å². The van der Waals surface area contributed by atoms with Gasteiger partial charge in [0.15, 0.2) is 13.1 Å². The van der Waals surface area contributed by atoms with Crippen molar-refractivity contribution >= 4 is 17.2 Å². The molecule has 0 saturated heterocycles. The number of alkyl halides is 3. The van der Waals surface area contributed by atoms with Gasteiger partial charge in [0, 0.05) is 0 Å². The molecule has 10 heteroatoms. The fraction of sp³-hybridized carbons (Fsp3) is 0.500. The minimum atomic E-state index is -4.41. The highest BCUT2D eigenvalue weighted by Gasteiger charge is 2.28. The molecule has 0 aliphatic carbocycles. The van der Waals surface area contributed by atoms with Crippen molar-refractivity contribution in [2.24, 2.45) is 0 Å². The maximum Gasteiger partial charge on any atom is 0.405 e. The van der Waals surface area contributed by atoms with E-state index in [9.17, 15) is 18.0 Å². The summed E-state index contributed by atoms with van der Waals surface area (Å²) in [6.45, 7) is 1.41. The number of nitrogens with one attached hydrogen (secondary N) is 2. The molecule has 2 N–H and O–H groups in total. The molecular weight excluding hydrogens is 345 g/mol. The molecule has 1 unspecified atom stereocenters. The molecule has 2 aromatic rings. The topological polar surface area (TPSA) is 72.5 Å². The molecule has 6 nitrogen and oxygen atoms in total. The van der Waals surface area contributed by atoms with E-state index in [2.05, 4.69) is 10.2 Å². The van der Waals surface area contributed by atoms with Crippen LogP contribution in [-0.4, -0.2) is 41.9 Å². The van der Waals surface area contributed by atoms with Crippen LogP contribution in [0.15, 0.2) is 21.9 Å². The lowest BCUT2D eigenvalue weighted by molar-refractivity contribution is -0.907. The highest BCUT2D eigenvalue weighted by molar-refractivity contribution is 7.13. The minimum Gasteiger partial charge on any atom is -0.414 e. The zero-order valence-corrected chi connectivity index (χ0v) is 13.8. The summed E-state index contributed by atoms with van der Waals surface area (Å²) >= 11 is 1.46. The second kappa shape index (κ2) is 8.25. The van der Waals surface area contributed by atoms with Crippen molar-refractivity contribution in [1.29, 1.82) is 0 Å². The summed E-state index contributed by atoms with van der Waals surface area (Å²) in [6, 6.07) is 3.71. The Morgan fingerprint density at radius 1 is 1.42 bits per heavy atom. The van der Waals surface area contributed by atoms with Gasteiger partial charge < -0.3 is 14.6 Å². The third-order valence-corrected chi connectivity index (χ3v) is 3.96. The summed E-state index contributed by atoms with van der Waals surface area (Å²) in [7, 11) is 0. The third kappa shape index (κ3) is 5.93. The maximum atomic E-state index is 12.1. The normalized spacial score (nSPS) is 13.0. The van der Waals surface area contributed by atoms with Crippen LogP contribution in [0.25, 0.3) is 10.8 Å². The van der Waals surface area contributed by atoms with Crippen molar-refractivity contribution in [2.75, 3.05) is 19.6 Å². The van der Waals surface area contributed by atoms with Crippen LogP contribution in [0, 0.1) is 0 Å². The second-order valence-electron chi connectivity index (χ2n) is 5.22. The molecule has 0 bridgehead atoms. The Labute approximate surface area is 140 Å². The molecule has 132 valence electrons. The van der Waals surface area contributed by atoms with Crippen molar-refractivity contribution in [1.82, 2.24) is 15.5 Å². The lowest BCUT2D eigenvalue weighted by Gasteiger charge is -2.17. The SMILES string of the molecule is CCC[NH+](CC(=O)NCC(F)(F)F)Cc1nnc(-c2cccs2)o1. The fourth-order valence-electron chi connectivity index (χ4n) is 2.12. The number of rotatable bonds is 8. The van der Waals surface area contributed by atoms with Gasteiger partial charge in [-0.15, -0.1) is 21.5 Å². The second-order valence-corrected chi connectivity index (χ2v) is 6.17. The lowest BCUT2D eigenvalue weighted by atomic mass is 10.3. The van der Waals surface area contributed by atoms with Crippen LogP contribution in [-0.2, 0) is 11.3 Å². The Hall–Kier alpha value is -1.94. The summed E-state index contributed by atoms with van der Waals surface area (Å²) in [5, 5.41) is 11.7. The third-order valence-electron chi connectivity index (χ3n) is 3.10. The van der Waals surface area contributed by atoms with Gasteiger partial charge in [0.1, 0.15) is 6.54 Å². The van der Waals surface area contributed by atoms with Gasteiger partial charge in [-0.05, 0) is 17.9 Å². The van der Waals surface area contributed by atoms with Crippen molar-refractivity contribution in [3.05, 3.63) is 23.4 Å². The van der Waals surface area contributed by atoms with E-state index in [0.29, 0.717) is 18.3 Å². The smallest absolute Gasteiger partial charge is 0.405 e. The van der Waals surface area contributed by atoms with Gasteiger partial charge in [-0.3, -0.25) is 4.79 Å². The van der Waals surface area contributed by atoms with Gasteiger partial charge >= 0.3 is 6.18 Å². The summed E-state index contributed by atoms with van der Waals surface area (Å²) in [6.07, 6.45) is -3.64. The number of quaternary nitrogens is 1. The van der Waals surface area contributed by atoms with E-state index in [1.54, 1.807) is 0 Å². The number of halogens is 3. The molecular formula is C14H18F3N4O2S+. The number of hydrogen-bond acceptors (Lipinski definition) is 5. The molecule has 0 fully saturated rings. The zero-order chi connectivity index (χ0) is 17.6. The Morgan fingerprint density at radius 2 is 2.21 bits per heavy atom. The van der Waals surface area contributed by atoms with Crippen LogP contribution in [0.2, 0.25) is 0 Å². The first-order valence-corrected chi connectivity index (χ1v) is 8.28. The van der Waals surface area contributed by atoms with E-state index in [4.69, 9.17) is 4.42 Å². The molecule has 0 saturated carbocycles. The fourth-order valence-corrected chi connectivity index (χ4v) is 2.76. The largest absolute Gasteiger partial charge is 0.414 e. The van der Waals surface area contributed by atoms with E-state index in [1.165, 1.54) is 11.3 Å². The van der Waals surface area contributed by atoms with Gasteiger partial charge in [-0.25, -0.2) is 0 Å². The zero-order valence-electron chi connectivity index (χ0n) is 13.0. The minimum absolute atomic E-state index is 0.0827. The van der Waals surface area contributed by atoms with Gasteiger partial charge in [-0.2, -0.15) is 13.2 Å². The number of thiophene rings is 1. The monoisotopic (exact) mass is 363 g/mol. The van der Waals surface area contributed by atoms with Gasteiger partial charge in [0.2, 0.25) is 0 Å². The van der Waals surface area contributed by atoms with Crippen molar-refractivity contribution < 1.29 is 27.3 Å². The molecule has 0 aliphatic heterocycles. The average Bonchev–Trinajstić information content (AvgIpc) is 3.15. The molecule has 1 atom stereocenters. The molecule has 0 radical (unpaired) electrons. The summed E-state index contributed by atoms with van der Waals surface area (Å²) in [5.74, 6) is 0.0941. The molecule has 2 aromatic heterocycles. The van der Waals surface area contributed by atoms with E-state index < -0.39 is 18.6 Å². The van der Waals surface area contributed by atoms with Crippen LogP contribution in [0.5, 0.6) is 0 Å². The van der Waals surface area contributed by atoms with Gasteiger partial charge in [-0.1, -0.05) is 13.0 Å². The Bertz CT molecular complexity index is 643. The van der Waals surface area contributed by atoms with Crippen LogP contribution in [0.1, 0.15) is 19.2 Å². The molecule has 1 amide bonds. The molecule has 2 heterocycles. The molecule has 2 rings (SSSR count). The quantitative estimate of drug-likeness (QED) is 0.741. The predicted molar refractivity (Wildman–Crippen MR) is 81.4 cm³/mol. The highest BCUT2D eigenvalue weighted by Crippen LogP contribution is 2.22. The van der Waals surface area contributed by atoms with Crippen molar-refractivity contribution in [3.63, 3.8) is 0 Å². The summed E-state index contributed by atoms with van der Waals surface area (Å²) in [5.41, 5.74) is 0. The standard InChI is InChI=1S/C14H17F3N4O2S/c1-2-5-21(7-11(22)18-9-14(15,16)17)8-12-19-20-13(23-12)10-4-3-6-24-10/h3-4,6H,2,5,7-9H2,1H3,(H,18,22)/p+1. The van der Waals surface area contributed by atoms with Crippen LogP contribution in [0.4, 0.5) is 13.2 Å². The predicted octanol–water partition coefficient (Wildman–Crippen LogP) is 1.27. The maximum absolute atomic E-state index is 12.1. The van der Waals surface area contributed by atoms with Crippen LogP contribution >= 0.6 is 11.3 Å². The first-order valence-electron chi connectivity index (χ1n) is 7.40. The van der Waals surface area contributed by atoms with Crippen molar-refractivity contribution in [2.45, 2.75) is 26.1 Å². The van der Waals surface area contributed by atoms with Crippen LogP contribution < -0.4 is 10.2 Å². The van der Waals surface area contributed by atoms with E-state index >= 15 is 0 Å². The molecule has 0 spiro atoms. The number of carbonyl (C=O) groups is 1. The number of aromatic nitrogens is 2. The lowest BCUT2D eigenvalue weighted by Crippen LogP contribution is -3.12. The van der Waals surface area contributed by atoms with E-state index in [0.717, 1.165) is 16.2 Å². The Balaban J connectivity index is 1.92. The Morgan fingerprint density at radius 3 is 2.83 bits per heavy atom. The molecule has 24 heavy (non-hydrogen) atoms. The number of hydrogen-bond donors (Lipinski definition) is 2. The number of amides is 1. The van der Waals surface area contributed by atoms with Gasteiger partial charge in [0.05, 0.1) is 11.4 Å². The first kappa shape index (κ1) is 18.4. The average molecular weight is 363 g/mol. The van der Waals surface area contributed by atoms with Crippen LogP contribution in [0.3, 0.4) is 0 Å². The van der Waals surface area contributed by atoms with Gasteiger partial charge in [0.25, 0.3) is 17.7 Å². The highest BCUT2D eigenvalue weighted by atomic mass is 32.1. The number of carbonyl (C=O) groups excluding carboxylic acids is 1. The summed E-state index contributed by atoms with van der Waals surface area (Å²) in [4.78, 5) is 13.3. The number of nitrogens with zero attached hydrogens (tertiary/aromatic N) is 2. The van der Waals surface area contributed by atoms with E-state index in [-0.39, 0.29) is 13.1 Å². The first-order chi connectivity index (χ1) is 11.4. The molecule has 0 aliphatic rings. The Kier molecular flexibility index (Phi) is 6.32. The van der Waals surface area contributed by atoms with Crippen molar-refractivity contribution in [3.8, 4) is 10.8 Å². The summed E-state index contributed by atoms with van der Waals surface area (Å²) < 4.78 is 42.0.